The highest BCUT2D eigenvalue weighted by atomic mass is 16.5. The number of urea groups is 1. The molecule has 28 heavy (non-hydrogen) atoms. The number of nitrogens with one attached hydrogen (secondary N) is 1. The fourth-order valence-corrected chi connectivity index (χ4v) is 3.34. The maximum absolute atomic E-state index is 12.7. The molecule has 1 N–H and O–H groups in total. The summed E-state index contributed by atoms with van der Waals surface area (Å²) in [6, 6.07) is 7.78. The minimum absolute atomic E-state index is 0.0278. The standard InChI is InChI=1S/C21H26N4O3/c1-24(2)21(27)25-11-9-18-16(14-25)12-22-13-19(18)20(26)23-10-8-15-4-6-17(28-3)7-5-15/h4-7,12-13H,8-11,14H2,1-3H3,(H,23,26). The normalized spacial score (nSPS) is 12.9. The van der Waals surface area contributed by atoms with Crippen LogP contribution in [0.15, 0.2) is 36.7 Å². The summed E-state index contributed by atoms with van der Waals surface area (Å²) in [7, 11) is 5.12. The second kappa shape index (κ2) is 8.73. The van der Waals surface area contributed by atoms with Gasteiger partial charge < -0.3 is 19.9 Å². The zero-order valence-electron chi connectivity index (χ0n) is 16.6. The number of aromatic nitrogens is 1. The molecule has 0 radical (unpaired) electrons. The molecule has 2 aromatic rings. The third-order valence-corrected chi connectivity index (χ3v) is 4.90. The summed E-state index contributed by atoms with van der Waals surface area (Å²) in [5, 5.41) is 2.98. The van der Waals surface area contributed by atoms with E-state index in [4.69, 9.17) is 4.74 Å². The molecule has 0 unspecified atom stereocenters. The fraction of sp³-hybridized carbons (Fsp3) is 0.381. The van der Waals surface area contributed by atoms with Crippen molar-refractivity contribution in [2.24, 2.45) is 0 Å². The number of carbonyl (C=O) groups is 2. The number of benzene rings is 1. The van der Waals surface area contributed by atoms with Gasteiger partial charge in [0.25, 0.3) is 5.91 Å². The van der Waals surface area contributed by atoms with Gasteiger partial charge in [0.15, 0.2) is 0 Å². The Bertz CT molecular complexity index is 849. The Morgan fingerprint density at radius 1 is 1.21 bits per heavy atom. The number of hydrogen-bond donors (Lipinski definition) is 1. The molecule has 0 atom stereocenters. The van der Waals surface area contributed by atoms with E-state index < -0.39 is 0 Å². The Morgan fingerprint density at radius 3 is 2.64 bits per heavy atom. The molecule has 1 aromatic heterocycles. The third kappa shape index (κ3) is 4.42. The molecule has 1 aliphatic heterocycles. The van der Waals surface area contributed by atoms with Crippen LogP contribution in [0.25, 0.3) is 0 Å². The maximum atomic E-state index is 12.7. The van der Waals surface area contributed by atoms with Gasteiger partial charge in [-0.3, -0.25) is 9.78 Å². The van der Waals surface area contributed by atoms with Gasteiger partial charge in [0.1, 0.15) is 5.75 Å². The van der Waals surface area contributed by atoms with Crippen LogP contribution in [0.1, 0.15) is 27.0 Å². The molecule has 0 saturated carbocycles. The molecular formula is C21H26N4O3. The minimum atomic E-state index is -0.120. The summed E-state index contributed by atoms with van der Waals surface area (Å²) in [5.74, 6) is 0.696. The van der Waals surface area contributed by atoms with Gasteiger partial charge in [0.05, 0.1) is 12.7 Å². The second-order valence-electron chi connectivity index (χ2n) is 7.03. The molecule has 0 fully saturated rings. The van der Waals surface area contributed by atoms with E-state index in [1.165, 1.54) is 0 Å². The number of amides is 3. The molecule has 0 spiro atoms. The Labute approximate surface area is 165 Å². The molecule has 1 aromatic carbocycles. The molecule has 7 nitrogen and oxygen atoms in total. The predicted molar refractivity (Wildman–Crippen MR) is 106 cm³/mol. The molecule has 0 aliphatic carbocycles. The molecule has 3 amide bonds. The van der Waals surface area contributed by atoms with Crippen LogP contribution < -0.4 is 10.1 Å². The van der Waals surface area contributed by atoms with Gasteiger partial charge in [-0.1, -0.05) is 12.1 Å². The summed E-state index contributed by atoms with van der Waals surface area (Å²) in [4.78, 5) is 32.4. The van der Waals surface area contributed by atoms with Crippen LogP contribution in [0.4, 0.5) is 4.79 Å². The van der Waals surface area contributed by atoms with E-state index in [1.807, 2.05) is 24.3 Å². The first-order valence-corrected chi connectivity index (χ1v) is 9.32. The summed E-state index contributed by atoms with van der Waals surface area (Å²) in [6.07, 6.45) is 4.76. The van der Waals surface area contributed by atoms with Gasteiger partial charge in [-0.2, -0.15) is 0 Å². The first kappa shape index (κ1) is 19.7. The van der Waals surface area contributed by atoms with Crippen LogP contribution in [-0.2, 0) is 19.4 Å². The largest absolute Gasteiger partial charge is 0.497 e. The summed E-state index contributed by atoms with van der Waals surface area (Å²) >= 11 is 0. The van der Waals surface area contributed by atoms with Crippen molar-refractivity contribution in [1.82, 2.24) is 20.1 Å². The van der Waals surface area contributed by atoms with E-state index in [-0.39, 0.29) is 11.9 Å². The molecular weight excluding hydrogens is 356 g/mol. The lowest BCUT2D eigenvalue weighted by Gasteiger charge is -2.31. The van der Waals surface area contributed by atoms with E-state index in [0.717, 1.165) is 28.9 Å². The third-order valence-electron chi connectivity index (χ3n) is 4.90. The highest BCUT2D eigenvalue weighted by Gasteiger charge is 2.25. The number of methoxy groups -OCH3 is 1. The number of hydrogen-bond acceptors (Lipinski definition) is 4. The molecule has 3 rings (SSSR count). The van der Waals surface area contributed by atoms with E-state index in [9.17, 15) is 9.59 Å². The van der Waals surface area contributed by atoms with Crippen LogP contribution in [0.3, 0.4) is 0 Å². The average Bonchev–Trinajstić information content (AvgIpc) is 2.72. The van der Waals surface area contributed by atoms with Gasteiger partial charge in [-0.25, -0.2) is 4.79 Å². The van der Waals surface area contributed by atoms with Crippen molar-refractivity contribution in [2.75, 3.05) is 34.3 Å². The van der Waals surface area contributed by atoms with E-state index >= 15 is 0 Å². The topological polar surface area (TPSA) is 74.8 Å². The summed E-state index contributed by atoms with van der Waals surface area (Å²) in [6.45, 7) is 1.62. The van der Waals surface area contributed by atoms with Crippen LogP contribution in [-0.4, -0.2) is 61.0 Å². The van der Waals surface area contributed by atoms with E-state index in [1.54, 1.807) is 43.4 Å². The first-order chi connectivity index (χ1) is 13.5. The Kier molecular flexibility index (Phi) is 6.13. The maximum Gasteiger partial charge on any atom is 0.319 e. The van der Waals surface area contributed by atoms with Crippen molar-refractivity contribution in [2.45, 2.75) is 19.4 Å². The lowest BCUT2D eigenvalue weighted by Crippen LogP contribution is -2.42. The molecule has 148 valence electrons. The van der Waals surface area contributed by atoms with E-state index in [0.29, 0.717) is 31.6 Å². The highest BCUT2D eigenvalue weighted by Crippen LogP contribution is 2.22. The van der Waals surface area contributed by atoms with Crippen molar-refractivity contribution >= 4 is 11.9 Å². The Balaban J connectivity index is 1.62. The number of nitrogens with zero attached hydrogens (tertiary/aromatic N) is 3. The smallest absolute Gasteiger partial charge is 0.319 e. The monoisotopic (exact) mass is 382 g/mol. The average molecular weight is 382 g/mol. The number of carbonyl (C=O) groups excluding carboxylic acids is 2. The summed E-state index contributed by atoms with van der Waals surface area (Å²) < 4.78 is 5.15. The lowest BCUT2D eigenvalue weighted by atomic mass is 9.97. The molecule has 1 aliphatic rings. The zero-order chi connectivity index (χ0) is 20.1. The number of pyridine rings is 1. The second-order valence-corrected chi connectivity index (χ2v) is 7.03. The van der Waals surface area contributed by atoms with Gasteiger partial charge in [-0.15, -0.1) is 0 Å². The molecule has 0 bridgehead atoms. The minimum Gasteiger partial charge on any atom is -0.497 e. The number of rotatable bonds is 5. The SMILES string of the molecule is COc1ccc(CCNC(=O)c2cncc3c2CCN(C(=O)N(C)C)C3)cc1. The van der Waals surface area contributed by atoms with Crippen molar-refractivity contribution < 1.29 is 14.3 Å². The van der Waals surface area contributed by atoms with Crippen molar-refractivity contribution in [3.8, 4) is 5.75 Å². The number of fused-ring (bicyclic) bond motifs is 1. The van der Waals surface area contributed by atoms with Crippen molar-refractivity contribution in [1.29, 1.82) is 0 Å². The molecule has 0 saturated heterocycles. The van der Waals surface area contributed by atoms with Gasteiger partial charge in [0, 0.05) is 46.1 Å². The Hall–Kier alpha value is -3.09. The fourth-order valence-electron chi connectivity index (χ4n) is 3.34. The highest BCUT2D eigenvalue weighted by molar-refractivity contribution is 5.95. The van der Waals surface area contributed by atoms with Gasteiger partial charge >= 0.3 is 6.03 Å². The van der Waals surface area contributed by atoms with Crippen LogP contribution in [0.2, 0.25) is 0 Å². The first-order valence-electron chi connectivity index (χ1n) is 9.32. The molecule has 2 heterocycles. The van der Waals surface area contributed by atoms with Crippen molar-refractivity contribution in [3.05, 3.63) is 58.9 Å². The van der Waals surface area contributed by atoms with E-state index in [2.05, 4.69) is 10.3 Å². The Morgan fingerprint density at radius 2 is 1.96 bits per heavy atom. The zero-order valence-corrected chi connectivity index (χ0v) is 16.6. The summed E-state index contributed by atoms with van der Waals surface area (Å²) in [5.41, 5.74) is 3.65. The predicted octanol–water partition coefficient (Wildman–Crippen LogP) is 2.10. The van der Waals surface area contributed by atoms with Crippen LogP contribution >= 0.6 is 0 Å². The van der Waals surface area contributed by atoms with Crippen LogP contribution in [0.5, 0.6) is 5.75 Å². The van der Waals surface area contributed by atoms with Crippen LogP contribution in [0, 0.1) is 0 Å². The lowest BCUT2D eigenvalue weighted by molar-refractivity contribution is 0.0952. The quantitative estimate of drug-likeness (QED) is 0.859. The van der Waals surface area contributed by atoms with Gasteiger partial charge in [-0.05, 0) is 41.7 Å². The molecule has 7 heteroatoms. The van der Waals surface area contributed by atoms with Crippen molar-refractivity contribution in [3.63, 3.8) is 0 Å². The number of ether oxygens (including phenoxy) is 1. The van der Waals surface area contributed by atoms with Gasteiger partial charge in [0.2, 0.25) is 0 Å².